The highest BCUT2D eigenvalue weighted by molar-refractivity contribution is 7.25. The van der Waals surface area contributed by atoms with Gasteiger partial charge in [-0.25, -0.2) is 0 Å². The van der Waals surface area contributed by atoms with Gasteiger partial charge in [-0.2, -0.15) is 0 Å². The molecule has 0 atom stereocenters. The van der Waals surface area contributed by atoms with Gasteiger partial charge in [0.25, 0.3) is 0 Å². The Kier molecular flexibility index (Phi) is 5.83. The monoisotopic (exact) mass is 657 g/mol. The molecule has 0 aliphatic carbocycles. The minimum atomic E-state index is 0.863. The Morgan fingerprint density at radius 3 is 1.92 bits per heavy atom. The second kappa shape index (κ2) is 10.6. The van der Waals surface area contributed by atoms with E-state index < -0.39 is 0 Å². The van der Waals surface area contributed by atoms with E-state index in [9.17, 15) is 0 Å². The number of fused-ring (bicyclic) bond motifs is 11. The molecular formula is C46H27NO2S. The van der Waals surface area contributed by atoms with Gasteiger partial charge in [0, 0.05) is 58.8 Å². The number of anilines is 3. The van der Waals surface area contributed by atoms with E-state index in [1.165, 1.54) is 30.9 Å². The van der Waals surface area contributed by atoms with Gasteiger partial charge in [0.15, 0.2) is 0 Å². The maximum absolute atomic E-state index is 6.46. The van der Waals surface area contributed by atoms with Crippen LogP contribution in [0.2, 0.25) is 0 Å². The normalized spacial score (nSPS) is 12.0. The maximum Gasteiger partial charge on any atom is 0.136 e. The Bertz CT molecular complexity index is 3110. The summed E-state index contributed by atoms with van der Waals surface area (Å²) in [5, 5.41) is 9.41. The fourth-order valence-electron chi connectivity index (χ4n) is 7.77. The summed E-state index contributed by atoms with van der Waals surface area (Å²) < 4.78 is 15.3. The first-order chi connectivity index (χ1) is 24.8. The standard InChI is InChI=1S/C46H27NO2S/c1-2-9-30-26-32(21-16-28(30)8-1)47(33-22-25-43-37(27-33)35-10-4-6-15-42(35)50-43)31-19-17-29(18-20-31)34-12-7-14-39-44(34)46-41(49-39)24-23-40-45(46)36-11-3-5-13-38(36)48-40/h1-27H. The Balaban J connectivity index is 1.10. The van der Waals surface area contributed by atoms with E-state index in [0.29, 0.717) is 0 Å². The van der Waals surface area contributed by atoms with Crippen LogP contribution in [0.5, 0.6) is 0 Å². The summed E-state index contributed by atoms with van der Waals surface area (Å²) in [7, 11) is 0. The molecule has 3 aromatic heterocycles. The molecule has 0 saturated heterocycles. The van der Waals surface area contributed by atoms with E-state index in [-0.39, 0.29) is 0 Å². The van der Waals surface area contributed by atoms with Gasteiger partial charge >= 0.3 is 0 Å². The SMILES string of the molecule is c1ccc2cc(N(c3ccc(-c4cccc5oc6ccc7oc8ccccc8c7c6c45)cc3)c3ccc4sc5ccccc5c4c3)ccc2c1. The summed E-state index contributed by atoms with van der Waals surface area (Å²) >= 11 is 1.85. The topological polar surface area (TPSA) is 29.5 Å². The Labute approximate surface area is 290 Å². The van der Waals surface area contributed by atoms with Gasteiger partial charge in [-0.15, -0.1) is 11.3 Å². The molecule has 0 unspecified atom stereocenters. The van der Waals surface area contributed by atoms with E-state index >= 15 is 0 Å². The highest BCUT2D eigenvalue weighted by atomic mass is 32.1. The predicted octanol–water partition coefficient (Wildman–Crippen LogP) is 14.1. The van der Waals surface area contributed by atoms with Gasteiger partial charge in [-0.3, -0.25) is 0 Å². The number of rotatable bonds is 4. The van der Waals surface area contributed by atoms with Crippen LogP contribution in [0.15, 0.2) is 173 Å². The van der Waals surface area contributed by atoms with Crippen molar-refractivity contribution in [3.05, 3.63) is 164 Å². The summed E-state index contributed by atoms with van der Waals surface area (Å²) in [5.74, 6) is 0. The Morgan fingerprint density at radius 1 is 0.380 bits per heavy atom. The highest BCUT2D eigenvalue weighted by Gasteiger charge is 2.20. The van der Waals surface area contributed by atoms with Crippen LogP contribution in [0.1, 0.15) is 0 Å². The smallest absolute Gasteiger partial charge is 0.136 e. The van der Waals surface area contributed by atoms with Crippen LogP contribution in [0.4, 0.5) is 17.1 Å². The van der Waals surface area contributed by atoms with Gasteiger partial charge in [0.05, 0.1) is 0 Å². The Morgan fingerprint density at radius 2 is 1.02 bits per heavy atom. The third kappa shape index (κ3) is 4.09. The molecule has 0 aliphatic rings. The first-order valence-electron chi connectivity index (χ1n) is 16.8. The third-order valence-electron chi connectivity index (χ3n) is 10.0. The molecule has 0 amide bonds. The highest BCUT2D eigenvalue weighted by Crippen LogP contribution is 2.45. The van der Waals surface area contributed by atoms with Crippen LogP contribution in [0, 0.1) is 0 Å². The molecular weight excluding hydrogens is 631 g/mol. The van der Waals surface area contributed by atoms with Crippen LogP contribution in [0.3, 0.4) is 0 Å². The molecule has 0 bridgehead atoms. The lowest BCUT2D eigenvalue weighted by Crippen LogP contribution is -2.09. The average molecular weight is 658 g/mol. The lowest BCUT2D eigenvalue weighted by molar-refractivity contribution is 0.663. The van der Waals surface area contributed by atoms with E-state index in [1.807, 2.05) is 35.6 Å². The Hall–Kier alpha value is -6.36. The van der Waals surface area contributed by atoms with Crippen LogP contribution in [0.25, 0.3) is 85.9 Å². The van der Waals surface area contributed by atoms with Crippen molar-refractivity contribution >= 4 is 103 Å². The van der Waals surface area contributed by atoms with Crippen molar-refractivity contribution in [1.82, 2.24) is 0 Å². The number of furan rings is 2. The largest absolute Gasteiger partial charge is 0.456 e. The number of nitrogens with zero attached hydrogens (tertiary/aromatic N) is 1. The van der Waals surface area contributed by atoms with Crippen molar-refractivity contribution in [3.63, 3.8) is 0 Å². The number of hydrogen-bond donors (Lipinski definition) is 0. The fraction of sp³-hybridized carbons (Fsp3) is 0. The molecule has 3 nitrogen and oxygen atoms in total. The number of hydrogen-bond acceptors (Lipinski definition) is 4. The minimum Gasteiger partial charge on any atom is -0.456 e. The molecule has 0 N–H and O–H groups in total. The predicted molar refractivity (Wildman–Crippen MR) is 212 cm³/mol. The van der Waals surface area contributed by atoms with E-state index in [2.05, 4.69) is 144 Å². The molecule has 8 aromatic carbocycles. The van der Waals surface area contributed by atoms with E-state index in [0.717, 1.165) is 72.1 Å². The molecule has 4 heteroatoms. The lowest BCUT2D eigenvalue weighted by atomic mass is 9.97. The van der Waals surface area contributed by atoms with Crippen LogP contribution < -0.4 is 4.90 Å². The molecule has 0 saturated carbocycles. The quantitative estimate of drug-likeness (QED) is 0.189. The van der Waals surface area contributed by atoms with Crippen molar-refractivity contribution in [3.8, 4) is 11.1 Å². The first kappa shape index (κ1) is 27.6. The van der Waals surface area contributed by atoms with Gasteiger partial charge in [0.1, 0.15) is 22.3 Å². The average Bonchev–Trinajstić information content (AvgIpc) is 3.86. The fourth-order valence-corrected chi connectivity index (χ4v) is 8.86. The van der Waals surface area contributed by atoms with Crippen molar-refractivity contribution in [2.75, 3.05) is 4.90 Å². The molecule has 11 aromatic rings. The van der Waals surface area contributed by atoms with Gasteiger partial charge in [-0.05, 0) is 94.7 Å². The van der Waals surface area contributed by atoms with Crippen LogP contribution in [-0.2, 0) is 0 Å². The van der Waals surface area contributed by atoms with Crippen LogP contribution in [-0.4, -0.2) is 0 Å². The molecule has 0 radical (unpaired) electrons. The van der Waals surface area contributed by atoms with Crippen molar-refractivity contribution < 1.29 is 8.83 Å². The van der Waals surface area contributed by atoms with Crippen LogP contribution >= 0.6 is 11.3 Å². The van der Waals surface area contributed by atoms with E-state index in [1.54, 1.807) is 0 Å². The molecule has 11 rings (SSSR count). The molecule has 3 heterocycles. The van der Waals surface area contributed by atoms with Crippen molar-refractivity contribution in [1.29, 1.82) is 0 Å². The summed E-state index contributed by atoms with van der Waals surface area (Å²) in [6, 6.07) is 58.4. The van der Waals surface area contributed by atoms with Crippen molar-refractivity contribution in [2.24, 2.45) is 0 Å². The molecule has 0 spiro atoms. The van der Waals surface area contributed by atoms with Gasteiger partial charge in [-0.1, -0.05) is 91.0 Å². The lowest BCUT2D eigenvalue weighted by Gasteiger charge is -2.26. The zero-order chi connectivity index (χ0) is 32.8. The second-order valence-corrected chi connectivity index (χ2v) is 14.0. The first-order valence-corrected chi connectivity index (χ1v) is 17.6. The molecule has 0 fully saturated rings. The number of para-hydroxylation sites is 1. The summed E-state index contributed by atoms with van der Waals surface area (Å²) in [5.41, 5.74) is 9.08. The molecule has 0 aliphatic heterocycles. The molecule has 50 heavy (non-hydrogen) atoms. The second-order valence-electron chi connectivity index (χ2n) is 12.9. The van der Waals surface area contributed by atoms with E-state index in [4.69, 9.17) is 8.83 Å². The maximum atomic E-state index is 6.46. The number of benzene rings is 8. The molecule has 234 valence electrons. The zero-order valence-electron chi connectivity index (χ0n) is 26.8. The third-order valence-corrected chi connectivity index (χ3v) is 11.2. The summed E-state index contributed by atoms with van der Waals surface area (Å²) in [6.45, 7) is 0. The summed E-state index contributed by atoms with van der Waals surface area (Å²) in [6.07, 6.45) is 0. The van der Waals surface area contributed by atoms with Gasteiger partial charge in [0.2, 0.25) is 0 Å². The van der Waals surface area contributed by atoms with Gasteiger partial charge < -0.3 is 13.7 Å². The number of thiophene rings is 1. The zero-order valence-corrected chi connectivity index (χ0v) is 27.6. The minimum absolute atomic E-state index is 0.863. The van der Waals surface area contributed by atoms with Crippen molar-refractivity contribution in [2.45, 2.75) is 0 Å². The summed E-state index contributed by atoms with van der Waals surface area (Å²) in [4.78, 5) is 2.37.